The third-order valence-corrected chi connectivity index (χ3v) is 8.75. The molecule has 39 heavy (non-hydrogen) atoms. The molecule has 2 atom stereocenters. The fourth-order valence-corrected chi connectivity index (χ4v) is 6.01. The van der Waals surface area contributed by atoms with Crippen molar-refractivity contribution in [2.75, 3.05) is 27.2 Å². The number of nitrogens with zero attached hydrogens (tertiary/aromatic N) is 3. The van der Waals surface area contributed by atoms with E-state index in [2.05, 4.69) is 33.3 Å². The van der Waals surface area contributed by atoms with Crippen LogP contribution >= 0.6 is 0 Å². The molecule has 1 aliphatic carbocycles. The van der Waals surface area contributed by atoms with Gasteiger partial charge in [0.25, 0.3) is 0 Å². The van der Waals surface area contributed by atoms with Gasteiger partial charge in [0.1, 0.15) is 11.6 Å². The van der Waals surface area contributed by atoms with Crippen LogP contribution in [-0.4, -0.2) is 58.8 Å². The number of aromatic nitrogens is 3. The minimum Gasteiger partial charge on any atom is -0.480 e. The number of ketones is 1. The molecule has 3 heterocycles. The lowest BCUT2D eigenvalue weighted by Gasteiger charge is -2.30. The Balaban J connectivity index is 1.32. The SMILES string of the molecule is CCC(=O)CCCCCC(NC(=O)C1CC12CCN(C)CC2)c1ncc(-c2cc3ccccc3nc2OC)[nH]1. The topological polar surface area (TPSA) is 100 Å². The van der Waals surface area contributed by atoms with Crippen LogP contribution in [0.5, 0.6) is 5.88 Å². The second-order valence-electron chi connectivity index (χ2n) is 11.4. The van der Waals surface area contributed by atoms with Crippen molar-refractivity contribution in [2.45, 2.75) is 70.8 Å². The summed E-state index contributed by atoms with van der Waals surface area (Å²) >= 11 is 0. The molecular formula is C31H41N5O3. The molecule has 2 aromatic heterocycles. The number of H-pyrrole nitrogens is 1. The molecule has 1 saturated carbocycles. The molecule has 0 radical (unpaired) electrons. The van der Waals surface area contributed by atoms with Crippen molar-refractivity contribution in [1.29, 1.82) is 0 Å². The lowest BCUT2D eigenvalue weighted by molar-refractivity contribution is -0.124. The Kier molecular flexibility index (Phi) is 8.31. The molecule has 208 valence electrons. The first-order valence-corrected chi connectivity index (χ1v) is 14.4. The number of benzene rings is 1. The standard InChI is InChI=1S/C31H41N5O3/c1-4-22(37)11-6-5-7-13-26(34-29(38)24-19-31(24)14-16-36(2)17-15-31)28-32-20-27(33-28)23-18-21-10-8-9-12-25(21)35-30(23)39-3/h8-10,12,18,20,24,26H,4-7,11,13-17,19H2,1-3H3,(H,32,33)(H,34,38). The van der Waals surface area contributed by atoms with Crippen LogP contribution in [0.1, 0.15) is 76.6 Å². The van der Waals surface area contributed by atoms with Crippen molar-refractivity contribution in [1.82, 2.24) is 25.2 Å². The lowest BCUT2D eigenvalue weighted by atomic mass is 9.91. The summed E-state index contributed by atoms with van der Waals surface area (Å²) in [6.45, 7) is 4.04. The number of pyridine rings is 1. The highest BCUT2D eigenvalue weighted by Crippen LogP contribution is 2.59. The van der Waals surface area contributed by atoms with E-state index in [0.29, 0.717) is 24.5 Å². The molecule has 8 nitrogen and oxygen atoms in total. The van der Waals surface area contributed by atoms with Crippen molar-refractivity contribution in [3.05, 3.63) is 42.4 Å². The first-order chi connectivity index (χ1) is 18.9. The predicted octanol–water partition coefficient (Wildman–Crippen LogP) is 5.45. The van der Waals surface area contributed by atoms with E-state index in [4.69, 9.17) is 9.72 Å². The Morgan fingerprint density at radius 2 is 2.00 bits per heavy atom. The molecule has 1 aromatic carbocycles. The Morgan fingerprint density at radius 1 is 1.21 bits per heavy atom. The van der Waals surface area contributed by atoms with E-state index in [1.54, 1.807) is 13.3 Å². The summed E-state index contributed by atoms with van der Waals surface area (Å²) in [5.41, 5.74) is 2.70. The second-order valence-corrected chi connectivity index (χ2v) is 11.4. The van der Waals surface area contributed by atoms with E-state index in [9.17, 15) is 9.59 Å². The average molecular weight is 532 g/mol. The van der Waals surface area contributed by atoms with Crippen LogP contribution in [0, 0.1) is 11.3 Å². The first kappa shape index (κ1) is 27.3. The maximum Gasteiger partial charge on any atom is 0.224 e. The number of Topliss-reactive ketones (excluding diaryl/α,β-unsaturated/α-hetero) is 1. The summed E-state index contributed by atoms with van der Waals surface area (Å²) in [7, 11) is 3.78. The summed E-state index contributed by atoms with van der Waals surface area (Å²) in [6.07, 6.45) is 9.73. The van der Waals surface area contributed by atoms with E-state index in [0.717, 1.165) is 86.0 Å². The van der Waals surface area contributed by atoms with E-state index in [1.807, 2.05) is 31.2 Å². The number of rotatable bonds is 12. The highest BCUT2D eigenvalue weighted by atomic mass is 16.5. The highest BCUT2D eigenvalue weighted by molar-refractivity contribution is 5.85. The number of carbonyl (C=O) groups is 2. The molecule has 3 aromatic rings. The zero-order chi connectivity index (χ0) is 27.4. The van der Waals surface area contributed by atoms with Crippen LogP contribution in [0.2, 0.25) is 0 Å². The molecule has 1 spiro atoms. The van der Waals surface area contributed by atoms with Gasteiger partial charge in [0.05, 0.1) is 36.1 Å². The zero-order valence-corrected chi connectivity index (χ0v) is 23.5. The third-order valence-electron chi connectivity index (χ3n) is 8.75. The number of hydrogen-bond donors (Lipinski definition) is 2. The molecule has 8 heteroatoms. The molecule has 5 rings (SSSR count). The smallest absolute Gasteiger partial charge is 0.224 e. The van der Waals surface area contributed by atoms with Crippen molar-refractivity contribution < 1.29 is 14.3 Å². The number of amides is 1. The van der Waals surface area contributed by atoms with Crippen molar-refractivity contribution >= 4 is 22.6 Å². The van der Waals surface area contributed by atoms with Crippen molar-refractivity contribution in [3.8, 4) is 17.1 Å². The number of unbranched alkanes of at least 4 members (excludes halogenated alkanes) is 2. The van der Waals surface area contributed by atoms with Crippen LogP contribution in [0.4, 0.5) is 0 Å². The predicted molar refractivity (Wildman–Crippen MR) is 152 cm³/mol. The minimum absolute atomic E-state index is 0.0927. The number of fused-ring (bicyclic) bond motifs is 1. The average Bonchev–Trinajstić information content (AvgIpc) is 3.44. The van der Waals surface area contributed by atoms with Gasteiger partial charge >= 0.3 is 0 Å². The number of carbonyl (C=O) groups excluding carboxylic acids is 2. The molecule has 1 saturated heterocycles. The Hall–Kier alpha value is -3.26. The van der Waals surface area contributed by atoms with Gasteiger partial charge in [-0.3, -0.25) is 9.59 Å². The van der Waals surface area contributed by atoms with Gasteiger partial charge in [-0.05, 0) is 69.8 Å². The third kappa shape index (κ3) is 6.16. The molecule has 2 unspecified atom stereocenters. The van der Waals surface area contributed by atoms with Crippen LogP contribution in [0.15, 0.2) is 36.5 Å². The summed E-state index contributed by atoms with van der Waals surface area (Å²) in [4.78, 5) is 40.4. The van der Waals surface area contributed by atoms with E-state index in [1.165, 1.54) is 0 Å². The van der Waals surface area contributed by atoms with Gasteiger partial charge in [-0.15, -0.1) is 0 Å². The van der Waals surface area contributed by atoms with Gasteiger partial charge in [0, 0.05) is 24.1 Å². The van der Waals surface area contributed by atoms with Crippen LogP contribution in [0.25, 0.3) is 22.2 Å². The number of aromatic amines is 1. The maximum atomic E-state index is 13.4. The lowest BCUT2D eigenvalue weighted by Crippen LogP contribution is -2.36. The molecular weight excluding hydrogens is 490 g/mol. The summed E-state index contributed by atoms with van der Waals surface area (Å²) in [5.74, 6) is 1.83. The summed E-state index contributed by atoms with van der Waals surface area (Å²) in [6, 6.07) is 9.80. The van der Waals surface area contributed by atoms with Gasteiger partial charge in [0.2, 0.25) is 11.8 Å². The Morgan fingerprint density at radius 3 is 2.77 bits per heavy atom. The van der Waals surface area contributed by atoms with E-state index in [-0.39, 0.29) is 23.3 Å². The Bertz CT molecular complexity index is 1310. The van der Waals surface area contributed by atoms with Gasteiger partial charge in [-0.25, -0.2) is 9.97 Å². The number of hydrogen-bond acceptors (Lipinski definition) is 6. The van der Waals surface area contributed by atoms with E-state index >= 15 is 0 Å². The van der Waals surface area contributed by atoms with Gasteiger partial charge in [-0.2, -0.15) is 0 Å². The quantitative estimate of drug-likeness (QED) is 0.301. The molecule has 1 amide bonds. The van der Waals surface area contributed by atoms with Crippen molar-refractivity contribution in [2.24, 2.45) is 11.3 Å². The number of methoxy groups -OCH3 is 1. The molecule has 2 aliphatic rings. The summed E-state index contributed by atoms with van der Waals surface area (Å²) < 4.78 is 5.61. The largest absolute Gasteiger partial charge is 0.480 e. The maximum absolute atomic E-state index is 13.4. The Labute approximate surface area is 230 Å². The number of piperidine rings is 1. The zero-order valence-electron chi connectivity index (χ0n) is 23.5. The fraction of sp³-hybridized carbons (Fsp3) is 0.548. The number of imidazole rings is 1. The number of ether oxygens (including phenoxy) is 1. The van der Waals surface area contributed by atoms with Gasteiger partial charge in [0.15, 0.2) is 0 Å². The fourth-order valence-electron chi connectivity index (χ4n) is 6.01. The van der Waals surface area contributed by atoms with Crippen molar-refractivity contribution in [3.63, 3.8) is 0 Å². The normalized spacial score (nSPS) is 19.2. The number of nitrogens with one attached hydrogen (secondary N) is 2. The number of likely N-dealkylation sites (tertiary alicyclic amines) is 1. The second kappa shape index (κ2) is 11.9. The molecule has 2 fully saturated rings. The van der Waals surface area contributed by atoms with Crippen LogP contribution in [0.3, 0.4) is 0 Å². The molecule has 2 N–H and O–H groups in total. The van der Waals surface area contributed by atoms with Crippen LogP contribution in [-0.2, 0) is 9.59 Å². The summed E-state index contributed by atoms with van der Waals surface area (Å²) in [5, 5.41) is 4.37. The molecule has 0 bridgehead atoms. The van der Waals surface area contributed by atoms with Crippen LogP contribution < -0.4 is 10.1 Å². The highest BCUT2D eigenvalue weighted by Gasteiger charge is 2.58. The van der Waals surface area contributed by atoms with E-state index < -0.39 is 0 Å². The molecule has 1 aliphatic heterocycles. The first-order valence-electron chi connectivity index (χ1n) is 14.4. The van der Waals surface area contributed by atoms with Gasteiger partial charge in [-0.1, -0.05) is 38.0 Å². The monoisotopic (exact) mass is 531 g/mol. The number of para-hydroxylation sites is 1. The minimum atomic E-state index is -0.212. The van der Waals surface area contributed by atoms with Gasteiger partial charge < -0.3 is 19.9 Å².